The molecule has 2 aromatic rings. The second-order valence-corrected chi connectivity index (χ2v) is 6.91. The average molecular weight is 394 g/mol. The topological polar surface area (TPSA) is 82.6 Å². The summed E-state index contributed by atoms with van der Waals surface area (Å²) in [5.41, 5.74) is -0.463. The molecule has 1 fully saturated rings. The van der Waals surface area contributed by atoms with Crippen LogP contribution in [0.1, 0.15) is 32.6 Å². The maximum absolute atomic E-state index is 12.9. The summed E-state index contributed by atoms with van der Waals surface area (Å²) in [4.78, 5) is 21.1. The van der Waals surface area contributed by atoms with Crippen LogP contribution in [0.3, 0.4) is 0 Å². The number of aromatic nitrogens is 2. The van der Waals surface area contributed by atoms with Crippen molar-refractivity contribution in [1.82, 2.24) is 15.3 Å². The highest BCUT2D eigenvalue weighted by Crippen LogP contribution is 2.37. The van der Waals surface area contributed by atoms with E-state index in [0.29, 0.717) is 47.1 Å². The number of fused-ring (bicyclic) bond motifs is 1. The Kier molecular flexibility index (Phi) is 6.34. The summed E-state index contributed by atoms with van der Waals surface area (Å²) in [6.07, 6.45) is 4.54. The smallest absolute Gasteiger partial charge is 0.351 e. The first-order valence-electron chi connectivity index (χ1n) is 9.15. The Hall–Kier alpha value is -2.12. The van der Waals surface area contributed by atoms with Crippen LogP contribution in [0.2, 0.25) is 5.15 Å². The molecule has 1 aromatic heterocycles. The van der Waals surface area contributed by atoms with Crippen LogP contribution in [0.4, 0.5) is 0 Å². The summed E-state index contributed by atoms with van der Waals surface area (Å²) in [6.45, 7) is 3.64. The number of piperidine rings is 1. The Morgan fingerprint density at radius 2 is 2.19 bits per heavy atom. The van der Waals surface area contributed by atoms with Gasteiger partial charge in [0.25, 0.3) is 0 Å². The first kappa shape index (κ1) is 19.6. The van der Waals surface area contributed by atoms with Gasteiger partial charge < -0.3 is 19.5 Å². The normalized spacial score (nSPS) is 19.7. The highest BCUT2D eigenvalue weighted by molar-refractivity contribution is 6.34. The number of ether oxygens (including phenoxy) is 3. The zero-order valence-corrected chi connectivity index (χ0v) is 16.3. The Labute approximate surface area is 163 Å². The van der Waals surface area contributed by atoms with E-state index in [-0.39, 0.29) is 5.97 Å². The molecule has 0 saturated carbocycles. The maximum atomic E-state index is 12.9. The standard InChI is InChI=1S/C19H24ClN3O4/c1-3-4-8-26-18(24)19(6-5-7-21-11-19)27-16-9-13-14(10-15(16)25-2)22-12-23-17(13)20/h9-10,12,21H,3-8,11H2,1-2H3/t19-/m0/s1. The number of esters is 1. The SMILES string of the molecule is CCCCOC(=O)[C@]1(Oc2cc3c(Cl)ncnc3cc2OC)CCCNC1. The minimum absolute atomic E-state index is 0.314. The average Bonchev–Trinajstić information content (AvgIpc) is 2.69. The number of carbonyl (C=O) groups excluding carboxylic acids is 1. The van der Waals surface area contributed by atoms with E-state index in [1.807, 2.05) is 6.92 Å². The molecule has 7 nitrogen and oxygen atoms in total. The van der Waals surface area contributed by atoms with Crippen molar-refractivity contribution in [2.24, 2.45) is 0 Å². The molecule has 0 spiro atoms. The van der Waals surface area contributed by atoms with Gasteiger partial charge in [-0.05, 0) is 25.5 Å². The molecule has 146 valence electrons. The number of hydrogen-bond acceptors (Lipinski definition) is 7. The van der Waals surface area contributed by atoms with Crippen molar-refractivity contribution in [3.8, 4) is 11.5 Å². The summed E-state index contributed by atoms with van der Waals surface area (Å²) < 4.78 is 17.2. The van der Waals surface area contributed by atoms with Gasteiger partial charge in [0.1, 0.15) is 11.5 Å². The van der Waals surface area contributed by atoms with Crippen LogP contribution in [0, 0.1) is 0 Å². The Morgan fingerprint density at radius 1 is 1.33 bits per heavy atom. The number of carbonyl (C=O) groups is 1. The van der Waals surface area contributed by atoms with Gasteiger partial charge >= 0.3 is 5.97 Å². The fraction of sp³-hybridized carbons (Fsp3) is 0.526. The number of unbranched alkanes of at least 4 members (excludes halogenated alkanes) is 1. The Morgan fingerprint density at radius 3 is 2.89 bits per heavy atom. The van der Waals surface area contributed by atoms with E-state index in [1.54, 1.807) is 19.2 Å². The van der Waals surface area contributed by atoms with Gasteiger partial charge in [-0.15, -0.1) is 0 Å². The molecule has 1 saturated heterocycles. The van der Waals surface area contributed by atoms with Crippen molar-refractivity contribution in [2.75, 3.05) is 26.8 Å². The number of halogens is 1. The van der Waals surface area contributed by atoms with Crippen molar-refractivity contribution >= 4 is 28.5 Å². The molecule has 1 aliphatic rings. The van der Waals surface area contributed by atoms with Crippen LogP contribution in [-0.2, 0) is 9.53 Å². The molecule has 27 heavy (non-hydrogen) atoms. The third-order valence-corrected chi connectivity index (χ3v) is 4.93. The van der Waals surface area contributed by atoms with Crippen LogP contribution in [0.5, 0.6) is 11.5 Å². The Balaban J connectivity index is 1.95. The van der Waals surface area contributed by atoms with Gasteiger partial charge in [0, 0.05) is 24.4 Å². The third-order valence-electron chi connectivity index (χ3n) is 4.63. The zero-order chi connectivity index (χ0) is 19.3. The van der Waals surface area contributed by atoms with Gasteiger partial charge in [0.2, 0.25) is 5.60 Å². The molecule has 1 aromatic carbocycles. The molecule has 0 unspecified atom stereocenters. The summed E-state index contributed by atoms with van der Waals surface area (Å²) in [6, 6.07) is 3.44. The van der Waals surface area contributed by atoms with E-state index < -0.39 is 5.60 Å². The van der Waals surface area contributed by atoms with Crippen LogP contribution in [0.25, 0.3) is 10.9 Å². The lowest BCUT2D eigenvalue weighted by molar-refractivity contribution is -0.164. The lowest BCUT2D eigenvalue weighted by Crippen LogP contribution is -2.56. The molecule has 1 N–H and O–H groups in total. The molecule has 2 heterocycles. The number of nitrogens with one attached hydrogen (secondary N) is 1. The van der Waals surface area contributed by atoms with Crippen LogP contribution in [0.15, 0.2) is 18.5 Å². The summed E-state index contributed by atoms with van der Waals surface area (Å²) in [5.74, 6) is 0.530. The lowest BCUT2D eigenvalue weighted by atomic mass is 9.93. The summed E-state index contributed by atoms with van der Waals surface area (Å²) in [7, 11) is 1.54. The first-order valence-corrected chi connectivity index (χ1v) is 9.52. The maximum Gasteiger partial charge on any atom is 0.351 e. The van der Waals surface area contributed by atoms with Crippen molar-refractivity contribution < 1.29 is 19.0 Å². The quantitative estimate of drug-likeness (QED) is 0.439. The van der Waals surface area contributed by atoms with Crippen LogP contribution in [-0.4, -0.2) is 48.3 Å². The van der Waals surface area contributed by atoms with Crippen molar-refractivity contribution in [3.63, 3.8) is 0 Å². The highest BCUT2D eigenvalue weighted by Gasteiger charge is 2.44. The number of nitrogens with zero attached hydrogens (tertiary/aromatic N) is 2. The van der Waals surface area contributed by atoms with E-state index >= 15 is 0 Å². The van der Waals surface area contributed by atoms with Gasteiger partial charge in [-0.25, -0.2) is 14.8 Å². The van der Waals surface area contributed by atoms with Gasteiger partial charge in [0.15, 0.2) is 11.5 Å². The number of rotatable bonds is 7. The van der Waals surface area contributed by atoms with E-state index in [1.165, 1.54) is 6.33 Å². The van der Waals surface area contributed by atoms with E-state index in [4.69, 9.17) is 25.8 Å². The number of methoxy groups -OCH3 is 1. The highest BCUT2D eigenvalue weighted by atomic mass is 35.5. The van der Waals surface area contributed by atoms with Crippen LogP contribution >= 0.6 is 11.6 Å². The molecule has 0 aliphatic carbocycles. The van der Waals surface area contributed by atoms with Crippen molar-refractivity contribution in [3.05, 3.63) is 23.6 Å². The zero-order valence-electron chi connectivity index (χ0n) is 15.6. The largest absolute Gasteiger partial charge is 0.493 e. The Bertz CT molecular complexity index is 809. The van der Waals surface area contributed by atoms with Gasteiger partial charge in [-0.2, -0.15) is 0 Å². The minimum atomic E-state index is -1.10. The number of hydrogen-bond donors (Lipinski definition) is 1. The van der Waals surface area contributed by atoms with Crippen LogP contribution < -0.4 is 14.8 Å². The van der Waals surface area contributed by atoms with E-state index in [0.717, 1.165) is 25.8 Å². The fourth-order valence-electron chi connectivity index (χ4n) is 3.10. The molecular formula is C19H24ClN3O4. The predicted octanol–water partition coefficient (Wildman–Crippen LogP) is 3.14. The molecule has 0 bridgehead atoms. The second-order valence-electron chi connectivity index (χ2n) is 6.55. The fourth-order valence-corrected chi connectivity index (χ4v) is 3.30. The van der Waals surface area contributed by atoms with Crippen molar-refractivity contribution in [1.29, 1.82) is 0 Å². The predicted molar refractivity (Wildman–Crippen MR) is 102 cm³/mol. The molecule has 3 rings (SSSR count). The van der Waals surface area contributed by atoms with E-state index in [9.17, 15) is 4.79 Å². The molecule has 1 aliphatic heterocycles. The van der Waals surface area contributed by atoms with Gasteiger partial charge in [-0.3, -0.25) is 0 Å². The third kappa shape index (κ3) is 4.25. The van der Waals surface area contributed by atoms with Gasteiger partial charge in [-0.1, -0.05) is 24.9 Å². The van der Waals surface area contributed by atoms with E-state index in [2.05, 4.69) is 15.3 Å². The minimum Gasteiger partial charge on any atom is -0.493 e. The van der Waals surface area contributed by atoms with Crippen molar-refractivity contribution in [2.45, 2.75) is 38.2 Å². The summed E-state index contributed by atoms with van der Waals surface area (Å²) in [5, 5.41) is 4.18. The molecule has 0 radical (unpaired) electrons. The number of benzene rings is 1. The van der Waals surface area contributed by atoms with Gasteiger partial charge in [0.05, 0.1) is 19.2 Å². The monoisotopic (exact) mass is 393 g/mol. The molecule has 8 heteroatoms. The molecule has 0 amide bonds. The first-order chi connectivity index (χ1) is 13.1. The molecule has 1 atom stereocenters. The molecular weight excluding hydrogens is 370 g/mol. The lowest BCUT2D eigenvalue weighted by Gasteiger charge is -2.36. The second kappa shape index (κ2) is 8.71. The summed E-state index contributed by atoms with van der Waals surface area (Å²) >= 11 is 6.20.